The average molecular weight is 237 g/mol. The van der Waals surface area contributed by atoms with Crippen LogP contribution in [0.2, 0.25) is 0 Å². The second kappa shape index (κ2) is 4.47. The molecule has 2 amide bonds. The number of hydrogen-bond acceptors (Lipinski definition) is 3. The summed E-state index contributed by atoms with van der Waals surface area (Å²) in [6.07, 6.45) is 3.02. The fraction of sp³-hybridized carbons (Fsp3) is 0.750. The second-order valence-electron chi connectivity index (χ2n) is 5.59. The molecule has 0 unspecified atom stereocenters. The molecule has 0 aromatic rings. The van der Waals surface area contributed by atoms with Gasteiger partial charge in [0.05, 0.1) is 0 Å². The molecule has 5 heteroatoms. The van der Waals surface area contributed by atoms with E-state index in [9.17, 15) is 9.59 Å². The van der Waals surface area contributed by atoms with E-state index in [4.69, 9.17) is 0 Å². The van der Waals surface area contributed by atoms with Crippen LogP contribution in [0.3, 0.4) is 0 Å². The topological polar surface area (TPSA) is 61.8 Å². The highest BCUT2D eigenvalue weighted by Crippen LogP contribution is 2.28. The average Bonchev–Trinajstić information content (AvgIpc) is 2.28. The van der Waals surface area contributed by atoms with Crippen LogP contribution < -0.4 is 5.43 Å². The minimum atomic E-state index is -0.111. The molecule has 2 aliphatic rings. The van der Waals surface area contributed by atoms with Gasteiger partial charge in [0.15, 0.2) is 0 Å². The van der Waals surface area contributed by atoms with E-state index in [0.717, 1.165) is 25.9 Å². The highest BCUT2D eigenvalue weighted by Gasteiger charge is 2.31. The second-order valence-corrected chi connectivity index (χ2v) is 5.59. The van der Waals surface area contributed by atoms with Gasteiger partial charge in [-0.2, -0.15) is 5.10 Å². The summed E-state index contributed by atoms with van der Waals surface area (Å²) in [7, 11) is 0. The number of hydrazone groups is 1. The molecule has 0 aromatic carbocycles. The van der Waals surface area contributed by atoms with Crippen molar-refractivity contribution >= 4 is 17.5 Å². The van der Waals surface area contributed by atoms with Gasteiger partial charge in [0.1, 0.15) is 5.71 Å². The maximum atomic E-state index is 12.2. The number of carbonyl (C=O) groups is 2. The smallest absolute Gasteiger partial charge is 0.270 e. The van der Waals surface area contributed by atoms with Crippen molar-refractivity contribution in [2.75, 3.05) is 13.1 Å². The zero-order valence-corrected chi connectivity index (χ0v) is 10.5. The molecule has 0 atom stereocenters. The van der Waals surface area contributed by atoms with Gasteiger partial charge in [-0.05, 0) is 18.3 Å². The molecule has 5 nitrogen and oxygen atoms in total. The van der Waals surface area contributed by atoms with Gasteiger partial charge in [-0.25, -0.2) is 5.43 Å². The summed E-state index contributed by atoms with van der Waals surface area (Å²) in [4.78, 5) is 25.0. The van der Waals surface area contributed by atoms with Crippen LogP contribution in [0.4, 0.5) is 0 Å². The molecule has 0 bridgehead atoms. The summed E-state index contributed by atoms with van der Waals surface area (Å²) >= 11 is 0. The lowest BCUT2D eigenvalue weighted by Gasteiger charge is -2.38. The Balaban J connectivity index is 2.02. The first-order valence-electron chi connectivity index (χ1n) is 6.13. The first kappa shape index (κ1) is 12.1. The Bertz CT molecular complexity index is 374. The molecule has 2 aliphatic heterocycles. The van der Waals surface area contributed by atoms with Gasteiger partial charge in [-0.3, -0.25) is 9.59 Å². The third-order valence-electron chi connectivity index (χ3n) is 3.34. The number of amides is 2. The maximum Gasteiger partial charge on any atom is 0.270 e. The summed E-state index contributed by atoms with van der Waals surface area (Å²) in [5.74, 6) is -0.127. The summed E-state index contributed by atoms with van der Waals surface area (Å²) in [5, 5.41) is 3.86. The number of nitrogens with zero attached hydrogens (tertiary/aromatic N) is 2. The third kappa shape index (κ3) is 2.84. The largest absolute Gasteiger partial charge is 0.337 e. The number of rotatable bonds is 1. The molecule has 0 radical (unpaired) electrons. The standard InChI is InChI=1S/C12H19N3O2/c1-12(2)6-3-7-15(8-12)11(17)9-4-5-10(16)14-13-9/h3-8H2,1-2H3,(H,14,16). The minimum Gasteiger partial charge on any atom is -0.337 e. The van der Waals surface area contributed by atoms with E-state index in [-0.39, 0.29) is 17.2 Å². The van der Waals surface area contributed by atoms with Gasteiger partial charge in [0, 0.05) is 25.9 Å². The highest BCUT2D eigenvalue weighted by atomic mass is 16.2. The summed E-state index contributed by atoms with van der Waals surface area (Å²) < 4.78 is 0. The van der Waals surface area contributed by atoms with Crippen LogP contribution in [0.1, 0.15) is 39.5 Å². The van der Waals surface area contributed by atoms with Crippen molar-refractivity contribution in [1.82, 2.24) is 10.3 Å². The predicted molar refractivity (Wildman–Crippen MR) is 64.4 cm³/mol. The van der Waals surface area contributed by atoms with E-state index in [1.54, 1.807) is 0 Å². The molecule has 2 rings (SSSR count). The lowest BCUT2D eigenvalue weighted by Crippen LogP contribution is -2.47. The Morgan fingerprint density at radius 2 is 2.18 bits per heavy atom. The number of hydrogen-bond donors (Lipinski definition) is 1. The highest BCUT2D eigenvalue weighted by molar-refractivity contribution is 6.39. The van der Waals surface area contributed by atoms with Crippen molar-refractivity contribution in [2.45, 2.75) is 39.5 Å². The molecule has 1 saturated heterocycles. The zero-order valence-electron chi connectivity index (χ0n) is 10.5. The van der Waals surface area contributed by atoms with Crippen LogP contribution in [0.5, 0.6) is 0 Å². The number of likely N-dealkylation sites (tertiary alicyclic amines) is 1. The van der Waals surface area contributed by atoms with Crippen molar-refractivity contribution in [3.8, 4) is 0 Å². The van der Waals surface area contributed by atoms with E-state index in [1.165, 1.54) is 0 Å². The van der Waals surface area contributed by atoms with Gasteiger partial charge >= 0.3 is 0 Å². The van der Waals surface area contributed by atoms with Crippen LogP contribution in [0.25, 0.3) is 0 Å². The van der Waals surface area contributed by atoms with E-state index < -0.39 is 0 Å². The van der Waals surface area contributed by atoms with Crippen LogP contribution in [-0.4, -0.2) is 35.5 Å². The number of nitrogens with one attached hydrogen (secondary N) is 1. The van der Waals surface area contributed by atoms with Gasteiger partial charge in [0.2, 0.25) is 5.91 Å². The molecule has 0 saturated carbocycles. The zero-order chi connectivity index (χ0) is 12.5. The van der Waals surface area contributed by atoms with Crippen molar-refractivity contribution in [3.63, 3.8) is 0 Å². The molecule has 2 heterocycles. The fourth-order valence-corrected chi connectivity index (χ4v) is 2.41. The molecule has 1 N–H and O–H groups in total. The van der Waals surface area contributed by atoms with Crippen molar-refractivity contribution in [3.05, 3.63) is 0 Å². The van der Waals surface area contributed by atoms with E-state index in [0.29, 0.717) is 18.6 Å². The molecular weight excluding hydrogens is 218 g/mol. The fourth-order valence-electron chi connectivity index (χ4n) is 2.41. The Labute approximate surface area is 101 Å². The lowest BCUT2D eigenvalue weighted by atomic mass is 9.84. The first-order chi connectivity index (χ1) is 7.98. The van der Waals surface area contributed by atoms with Gasteiger partial charge in [-0.1, -0.05) is 13.8 Å². The van der Waals surface area contributed by atoms with E-state index >= 15 is 0 Å². The molecule has 94 valence electrons. The summed E-state index contributed by atoms with van der Waals surface area (Å²) in [6, 6.07) is 0. The van der Waals surface area contributed by atoms with Gasteiger partial charge in [0.25, 0.3) is 5.91 Å². The lowest BCUT2D eigenvalue weighted by molar-refractivity contribution is -0.127. The molecule has 1 fully saturated rings. The van der Waals surface area contributed by atoms with Gasteiger partial charge in [-0.15, -0.1) is 0 Å². The van der Waals surface area contributed by atoms with Crippen molar-refractivity contribution < 1.29 is 9.59 Å². The molecule has 0 spiro atoms. The van der Waals surface area contributed by atoms with Crippen molar-refractivity contribution in [2.24, 2.45) is 10.5 Å². The van der Waals surface area contributed by atoms with Crippen molar-refractivity contribution in [1.29, 1.82) is 0 Å². The Kier molecular flexibility index (Phi) is 3.17. The number of piperidine rings is 1. The summed E-state index contributed by atoms with van der Waals surface area (Å²) in [5.41, 5.74) is 3.05. The number of carbonyl (C=O) groups excluding carboxylic acids is 2. The SMILES string of the molecule is CC1(C)CCCN(C(=O)C2=NNC(=O)CC2)C1. The quantitative estimate of drug-likeness (QED) is 0.736. The Morgan fingerprint density at radius 3 is 2.76 bits per heavy atom. The Morgan fingerprint density at radius 1 is 1.41 bits per heavy atom. The van der Waals surface area contributed by atoms with Crippen LogP contribution >= 0.6 is 0 Å². The Hall–Kier alpha value is -1.39. The molecule has 0 aliphatic carbocycles. The molecule has 0 aromatic heterocycles. The van der Waals surface area contributed by atoms with Crippen LogP contribution in [-0.2, 0) is 9.59 Å². The van der Waals surface area contributed by atoms with Gasteiger partial charge < -0.3 is 4.90 Å². The predicted octanol–water partition coefficient (Wildman–Crippen LogP) is 0.901. The first-order valence-corrected chi connectivity index (χ1v) is 6.13. The van der Waals surface area contributed by atoms with E-state index in [1.807, 2.05) is 4.90 Å². The third-order valence-corrected chi connectivity index (χ3v) is 3.34. The molecular formula is C12H19N3O2. The maximum absolute atomic E-state index is 12.2. The van der Waals surface area contributed by atoms with Crippen LogP contribution in [0, 0.1) is 5.41 Å². The summed E-state index contributed by atoms with van der Waals surface area (Å²) in [6.45, 7) is 5.93. The normalized spacial score (nSPS) is 24.0. The van der Waals surface area contributed by atoms with E-state index in [2.05, 4.69) is 24.4 Å². The monoisotopic (exact) mass is 237 g/mol. The molecule has 17 heavy (non-hydrogen) atoms. The van der Waals surface area contributed by atoms with Crippen LogP contribution in [0.15, 0.2) is 5.10 Å². The minimum absolute atomic E-state index is 0.0159.